The van der Waals surface area contributed by atoms with E-state index in [4.69, 9.17) is 9.51 Å². The molecule has 25 heavy (non-hydrogen) atoms. The Morgan fingerprint density at radius 2 is 2.00 bits per heavy atom. The topological polar surface area (TPSA) is 71.3 Å². The van der Waals surface area contributed by atoms with Crippen molar-refractivity contribution >= 4 is 22.5 Å². The molecule has 0 saturated carbocycles. The molecule has 0 spiro atoms. The summed E-state index contributed by atoms with van der Waals surface area (Å²) >= 11 is 0. The third kappa shape index (κ3) is 4.03. The van der Waals surface area contributed by atoms with Gasteiger partial charge < -0.3 is 9.84 Å². The number of carbonyl (C=O) groups excluding carboxylic acids is 1. The largest absolute Gasteiger partial charge is 0.361 e. The predicted octanol–water partition coefficient (Wildman–Crippen LogP) is 3.43. The molecule has 0 atom stereocenters. The Balaban J connectivity index is 1.74. The molecule has 0 radical (unpaired) electrons. The summed E-state index contributed by atoms with van der Waals surface area (Å²) in [5.41, 5.74) is 4.75. The van der Waals surface area contributed by atoms with Crippen LogP contribution in [-0.4, -0.2) is 28.0 Å². The van der Waals surface area contributed by atoms with Crippen LogP contribution in [0.4, 0.5) is 5.69 Å². The number of anilines is 1. The second-order valence-corrected chi connectivity index (χ2v) is 6.37. The number of amides is 1. The van der Waals surface area contributed by atoms with Crippen LogP contribution in [0.15, 0.2) is 34.9 Å². The summed E-state index contributed by atoms with van der Waals surface area (Å²) in [5.74, 6) is 0.784. The molecule has 0 bridgehead atoms. The molecular formula is C19H22N4O2. The van der Waals surface area contributed by atoms with Gasteiger partial charge in [0, 0.05) is 36.7 Å². The Kier molecular flexibility index (Phi) is 4.81. The monoisotopic (exact) mass is 338 g/mol. The first-order valence-electron chi connectivity index (χ1n) is 8.20. The summed E-state index contributed by atoms with van der Waals surface area (Å²) in [4.78, 5) is 18.1. The van der Waals surface area contributed by atoms with Crippen LogP contribution >= 0.6 is 0 Å². The second-order valence-electron chi connectivity index (χ2n) is 6.37. The van der Waals surface area contributed by atoms with E-state index in [9.17, 15) is 4.79 Å². The molecule has 0 aliphatic rings. The number of aryl methyl sites for hydroxylation is 2. The lowest BCUT2D eigenvalue weighted by Gasteiger charge is -2.16. The van der Waals surface area contributed by atoms with E-state index in [0.717, 1.165) is 52.4 Å². The van der Waals surface area contributed by atoms with Crippen molar-refractivity contribution < 1.29 is 9.32 Å². The van der Waals surface area contributed by atoms with Crippen LogP contribution in [0.2, 0.25) is 0 Å². The highest BCUT2D eigenvalue weighted by atomic mass is 16.5. The Morgan fingerprint density at radius 1 is 1.20 bits per heavy atom. The fourth-order valence-electron chi connectivity index (χ4n) is 2.87. The Bertz CT molecular complexity index is 897. The van der Waals surface area contributed by atoms with Gasteiger partial charge in [-0.05, 0) is 45.2 Å². The molecule has 1 amide bonds. The van der Waals surface area contributed by atoms with Crippen molar-refractivity contribution in [2.75, 3.05) is 12.4 Å². The van der Waals surface area contributed by atoms with Crippen molar-refractivity contribution in [1.29, 1.82) is 0 Å². The second kappa shape index (κ2) is 7.03. The highest BCUT2D eigenvalue weighted by Gasteiger charge is 2.12. The fourth-order valence-corrected chi connectivity index (χ4v) is 2.87. The van der Waals surface area contributed by atoms with Crippen molar-refractivity contribution in [3.8, 4) is 0 Å². The van der Waals surface area contributed by atoms with Crippen LogP contribution in [0, 0.1) is 13.8 Å². The lowest BCUT2D eigenvalue weighted by molar-refractivity contribution is -0.114. The average Bonchev–Trinajstić information content (AvgIpc) is 2.86. The Labute approximate surface area is 146 Å². The van der Waals surface area contributed by atoms with E-state index in [-0.39, 0.29) is 5.91 Å². The first-order valence-corrected chi connectivity index (χ1v) is 8.20. The molecule has 130 valence electrons. The zero-order chi connectivity index (χ0) is 18.0. The maximum Gasteiger partial charge on any atom is 0.221 e. The van der Waals surface area contributed by atoms with Gasteiger partial charge in [0.25, 0.3) is 0 Å². The van der Waals surface area contributed by atoms with Crippen molar-refractivity contribution in [2.45, 2.75) is 33.9 Å². The van der Waals surface area contributed by atoms with Gasteiger partial charge in [-0.1, -0.05) is 11.2 Å². The van der Waals surface area contributed by atoms with Crippen molar-refractivity contribution in [2.24, 2.45) is 0 Å². The van der Waals surface area contributed by atoms with Crippen LogP contribution in [0.25, 0.3) is 10.9 Å². The molecule has 0 unspecified atom stereocenters. The number of carbonyl (C=O) groups is 1. The molecule has 2 aromatic heterocycles. The van der Waals surface area contributed by atoms with E-state index in [2.05, 4.69) is 22.4 Å². The summed E-state index contributed by atoms with van der Waals surface area (Å²) in [6.07, 6.45) is 0. The Morgan fingerprint density at radius 3 is 2.68 bits per heavy atom. The van der Waals surface area contributed by atoms with Gasteiger partial charge in [-0.2, -0.15) is 0 Å². The SMILES string of the molecule is CC(=O)Nc1ccc2nc(CN(C)Cc3c(C)noc3C)ccc2c1. The summed E-state index contributed by atoms with van der Waals surface area (Å²) in [7, 11) is 2.05. The molecule has 3 aromatic rings. The summed E-state index contributed by atoms with van der Waals surface area (Å²) < 4.78 is 5.22. The summed E-state index contributed by atoms with van der Waals surface area (Å²) in [5, 5.41) is 7.79. The van der Waals surface area contributed by atoms with Gasteiger partial charge in [0.2, 0.25) is 5.91 Å². The molecule has 1 aromatic carbocycles. The maximum atomic E-state index is 11.2. The molecule has 3 rings (SSSR count). The molecule has 1 N–H and O–H groups in total. The minimum Gasteiger partial charge on any atom is -0.361 e. The van der Waals surface area contributed by atoms with Gasteiger partial charge in [-0.3, -0.25) is 14.7 Å². The third-order valence-corrected chi connectivity index (χ3v) is 4.11. The molecule has 0 saturated heterocycles. The zero-order valence-corrected chi connectivity index (χ0v) is 15.0. The van der Waals surface area contributed by atoms with Crippen LogP contribution in [0.1, 0.15) is 29.6 Å². The molecule has 0 fully saturated rings. The zero-order valence-electron chi connectivity index (χ0n) is 15.0. The highest BCUT2D eigenvalue weighted by molar-refractivity contribution is 5.92. The standard InChI is InChI=1S/C19H22N4O2/c1-12-18(13(2)25-22-12)11-23(4)10-17-6-5-15-9-16(20-14(3)24)7-8-19(15)21-17/h5-9H,10-11H2,1-4H3,(H,20,24). The minimum absolute atomic E-state index is 0.0788. The lowest BCUT2D eigenvalue weighted by Crippen LogP contribution is -2.18. The lowest BCUT2D eigenvalue weighted by atomic mass is 10.1. The number of rotatable bonds is 5. The van der Waals surface area contributed by atoms with Gasteiger partial charge in [-0.15, -0.1) is 0 Å². The number of nitrogens with zero attached hydrogens (tertiary/aromatic N) is 3. The maximum absolute atomic E-state index is 11.2. The van der Waals surface area contributed by atoms with E-state index >= 15 is 0 Å². The average molecular weight is 338 g/mol. The summed E-state index contributed by atoms with van der Waals surface area (Å²) in [6, 6.07) is 9.78. The number of fused-ring (bicyclic) bond motifs is 1. The van der Waals surface area contributed by atoms with E-state index in [1.807, 2.05) is 44.2 Å². The van der Waals surface area contributed by atoms with Crippen LogP contribution in [-0.2, 0) is 17.9 Å². The number of aromatic nitrogens is 2. The molecule has 6 heteroatoms. The number of nitrogens with one attached hydrogen (secondary N) is 1. The van der Waals surface area contributed by atoms with Gasteiger partial charge >= 0.3 is 0 Å². The van der Waals surface area contributed by atoms with Gasteiger partial charge in [-0.25, -0.2) is 0 Å². The van der Waals surface area contributed by atoms with E-state index in [1.165, 1.54) is 6.92 Å². The van der Waals surface area contributed by atoms with E-state index in [0.29, 0.717) is 0 Å². The Hall–Kier alpha value is -2.73. The third-order valence-electron chi connectivity index (χ3n) is 4.11. The molecule has 0 aliphatic carbocycles. The predicted molar refractivity (Wildman–Crippen MR) is 97.2 cm³/mol. The number of hydrogen-bond acceptors (Lipinski definition) is 5. The normalized spacial score (nSPS) is 11.2. The van der Waals surface area contributed by atoms with Gasteiger partial charge in [0.05, 0.1) is 16.9 Å². The van der Waals surface area contributed by atoms with Crippen LogP contribution < -0.4 is 5.32 Å². The number of hydrogen-bond donors (Lipinski definition) is 1. The smallest absolute Gasteiger partial charge is 0.221 e. The quantitative estimate of drug-likeness (QED) is 0.772. The molecular weight excluding hydrogens is 316 g/mol. The van der Waals surface area contributed by atoms with Crippen molar-refractivity contribution in [1.82, 2.24) is 15.0 Å². The summed E-state index contributed by atoms with van der Waals surface area (Å²) in [6.45, 7) is 6.89. The first-order chi connectivity index (χ1) is 11.9. The molecule has 2 heterocycles. The van der Waals surface area contributed by atoms with Crippen molar-refractivity contribution in [3.05, 3.63) is 53.0 Å². The molecule has 0 aliphatic heterocycles. The van der Waals surface area contributed by atoms with Crippen molar-refractivity contribution in [3.63, 3.8) is 0 Å². The van der Waals surface area contributed by atoms with Crippen LogP contribution in [0.3, 0.4) is 0 Å². The van der Waals surface area contributed by atoms with Gasteiger partial charge in [0.1, 0.15) is 5.76 Å². The number of benzene rings is 1. The van der Waals surface area contributed by atoms with Gasteiger partial charge in [0.15, 0.2) is 0 Å². The molecule has 6 nitrogen and oxygen atoms in total. The minimum atomic E-state index is -0.0788. The van der Waals surface area contributed by atoms with Crippen LogP contribution in [0.5, 0.6) is 0 Å². The fraction of sp³-hybridized carbons (Fsp3) is 0.316. The highest BCUT2D eigenvalue weighted by Crippen LogP contribution is 2.20. The number of pyridine rings is 1. The first kappa shape index (κ1) is 17.1. The van der Waals surface area contributed by atoms with E-state index < -0.39 is 0 Å². The van der Waals surface area contributed by atoms with E-state index in [1.54, 1.807) is 0 Å².